The zero-order valence-corrected chi connectivity index (χ0v) is 13.0. The highest BCUT2D eigenvalue weighted by molar-refractivity contribution is 9.10. The van der Waals surface area contributed by atoms with Crippen LogP contribution in [-0.2, 0) is 12.8 Å². The second-order valence-corrected chi connectivity index (χ2v) is 6.41. The highest BCUT2D eigenvalue weighted by Gasteiger charge is 2.16. The second-order valence-electron chi connectivity index (χ2n) is 5.12. The zero-order valence-electron chi connectivity index (χ0n) is 10.7. The molecule has 98 valence electrons. The van der Waals surface area contributed by atoms with Crippen molar-refractivity contribution >= 4 is 27.5 Å². The molecule has 1 aliphatic carbocycles. The highest BCUT2D eigenvalue weighted by atomic mass is 79.9. The van der Waals surface area contributed by atoms with E-state index in [2.05, 4.69) is 40.2 Å². The Labute approximate surface area is 127 Å². The van der Waals surface area contributed by atoms with E-state index in [1.807, 2.05) is 18.2 Å². The molecular weight excluding hydrogens is 320 g/mol. The summed E-state index contributed by atoms with van der Waals surface area (Å²) in [7, 11) is 0. The van der Waals surface area contributed by atoms with Crippen LogP contribution in [0.5, 0.6) is 0 Å². The molecule has 0 heterocycles. The van der Waals surface area contributed by atoms with Crippen LogP contribution in [0.4, 0.5) is 0 Å². The first kappa shape index (κ1) is 13.2. The molecule has 2 aromatic carbocycles. The lowest BCUT2D eigenvalue weighted by Gasteiger charge is -2.19. The van der Waals surface area contributed by atoms with Gasteiger partial charge >= 0.3 is 0 Å². The van der Waals surface area contributed by atoms with Crippen molar-refractivity contribution in [3.63, 3.8) is 0 Å². The lowest BCUT2D eigenvalue weighted by Crippen LogP contribution is -2.04. The Bertz CT molecular complexity index is 592. The maximum Gasteiger partial charge on any atom is 0.0846 e. The number of rotatable bonds is 2. The van der Waals surface area contributed by atoms with Crippen LogP contribution in [0.15, 0.2) is 46.9 Å². The molecule has 0 saturated carbocycles. The van der Waals surface area contributed by atoms with Crippen LogP contribution in [0.1, 0.15) is 40.5 Å². The molecule has 2 aromatic rings. The van der Waals surface area contributed by atoms with Crippen LogP contribution in [0, 0.1) is 0 Å². The van der Waals surface area contributed by atoms with Gasteiger partial charge in [0.05, 0.1) is 5.38 Å². The van der Waals surface area contributed by atoms with E-state index in [1.165, 1.54) is 42.4 Å². The summed E-state index contributed by atoms with van der Waals surface area (Å²) >= 11 is 10.2. The standard InChI is InChI=1S/C17H16BrCl/c18-16-8-4-3-7-15(16)17(19)14-10-9-12-5-1-2-6-13(12)11-14/h3-4,7-11,17H,1-2,5-6H2. The zero-order chi connectivity index (χ0) is 13.2. The summed E-state index contributed by atoms with van der Waals surface area (Å²) in [5.41, 5.74) is 5.33. The van der Waals surface area contributed by atoms with Crippen molar-refractivity contribution in [2.45, 2.75) is 31.1 Å². The number of benzene rings is 2. The molecule has 0 amide bonds. The SMILES string of the molecule is ClC(c1ccc2c(c1)CCCC2)c1ccccc1Br. The topological polar surface area (TPSA) is 0 Å². The molecule has 3 rings (SSSR count). The minimum atomic E-state index is -0.0807. The molecule has 0 spiro atoms. The molecule has 1 atom stereocenters. The lowest BCUT2D eigenvalue weighted by molar-refractivity contribution is 0.684. The maximum atomic E-state index is 6.65. The summed E-state index contributed by atoms with van der Waals surface area (Å²) in [6.07, 6.45) is 5.04. The molecule has 1 unspecified atom stereocenters. The lowest BCUT2D eigenvalue weighted by atomic mass is 9.89. The average molecular weight is 336 g/mol. The third kappa shape index (κ3) is 2.73. The van der Waals surface area contributed by atoms with Gasteiger partial charge in [-0.1, -0.05) is 52.3 Å². The van der Waals surface area contributed by atoms with Crippen molar-refractivity contribution in [2.24, 2.45) is 0 Å². The van der Waals surface area contributed by atoms with Crippen LogP contribution in [0.25, 0.3) is 0 Å². The van der Waals surface area contributed by atoms with Gasteiger partial charge in [0, 0.05) is 4.47 Å². The minimum Gasteiger partial charge on any atom is -0.113 e. The van der Waals surface area contributed by atoms with Crippen LogP contribution in [0.3, 0.4) is 0 Å². The Balaban J connectivity index is 1.96. The normalized spacial score (nSPS) is 15.9. The van der Waals surface area contributed by atoms with Crippen LogP contribution >= 0.6 is 27.5 Å². The summed E-state index contributed by atoms with van der Waals surface area (Å²) in [4.78, 5) is 0. The molecule has 0 aliphatic heterocycles. The first-order valence-corrected chi connectivity index (χ1v) is 7.99. The molecule has 0 nitrogen and oxygen atoms in total. The van der Waals surface area contributed by atoms with Gasteiger partial charge in [-0.05, 0) is 54.0 Å². The number of hydrogen-bond acceptors (Lipinski definition) is 0. The Morgan fingerprint density at radius 1 is 0.947 bits per heavy atom. The Kier molecular flexibility index (Phi) is 3.95. The van der Waals surface area contributed by atoms with E-state index in [9.17, 15) is 0 Å². The van der Waals surface area contributed by atoms with Crippen molar-refractivity contribution in [3.05, 3.63) is 69.2 Å². The fourth-order valence-corrected chi connectivity index (χ4v) is 3.74. The summed E-state index contributed by atoms with van der Waals surface area (Å²) in [5, 5.41) is -0.0807. The van der Waals surface area contributed by atoms with Crippen molar-refractivity contribution in [1.29, 1.82) is 0 Å². The van der Waals surface area contributed by atoms with Crippen LogP contribution in [-0.4, -0.2) is 0 Å². The molecule has 0 aromatic heterocycles. The van der Waals surface area contributed by atoms with E-state index in [1.54, 1.807) is 0 Å². The van der Waals surface area contributed by atoms with Gasteiger partial charge in [0.1, 0.15) is 0 Å². The fourth-order valence-electron chi connectivity index (χ4n) is 2.77. The molecule has 0 bridgehead atoms. The number of halogens is 2. The average Bonchev–Trinajstić information content (AvgIpc) is 2.46. The first-order chi connectivity index (χ1) is 9.25. The number of fused-ring (bicyclic) bond motifs is 1. The summed E-state index contributed by atoms with van der Waals surface area (Å²) < 4.78 is 1.08. The van der Waals surface area contributed by atoms with Gasteiger partial charge in [0.15, 0.2) is 0 Å². The van der Waals surface area contributed by atoms with Gasteiger partial charge in [-0.2, -0.15) is 0 Å². The number of aryl methyl sites for hydroxylation is 2. The minimum absolute atomic E-state index is 0.0807. The number of alkyl halides is 1. The molecule has 19 heavy (non-hydrogen) atoms. The van der Waals surface area contributed by atoms with Crippen molar-refractivity contribution in [3.8, 4) is 0 Å². The molecule has 0 saturated heterocycles. The first-order valence-electron chi connectivity index (χ1n) is 6.76. The maximum absolute atomic E-state index is 6.65. The third-order valence-corrected chi connectivity index (χ3v) is 5.05. The number of hydrogen-bond donors (Lipinski definition) is 0. The van der Waals surface area contributed by atoms with Gasteiger partial charge in [-0.15, -0.1) is 11.6 Å². The largest absolute Gasteiger partial charge is 0.113 e. The van der Waals surface area contributed by atoms with E-state index in [0.717, 1.165) is 10.0 Å². The van der Waals surface area contributed by atoms with Gasteiger partial charge in [0.2, 0.25) is 0 Å². The Morgan fingerprint density at radius 3 is 2.47 bits per heavy atom. The van der Waals surface area contributed by atoms with Gasteiger partial charge < -0.3 is 0 Å². The summed E-state index contributed by atoms with van der Waals surface area (Å²) in [6, 6.07) is 14.9. The highest BCUT2D eigenvalue weighted by Crippen LogP contribution is 2.35. The third-order valence-electron chi connectivity index (χ3n) is 3.84. The van der Waals surface area contributed by atoms with Crippen LogP contribution < -0.4 is 0 Å². The fraction of sp³-hybridized carbons (Fsp3) is 0.294. The van der Waals surface area contributed by atoms with E-state index < -0.39 is 0 Å². The quantitative estimate of drug-likeness (QED) is 0.622. The molecule has 0 N–H and O–H groups in total. The molecule has 1 aliphatic rings. The Morgan fingerprint density at radius 2 is 1.68 bits per heavy atom. The molecule has 0 radical (unpaired) electrons. The van der Waals surface area contributed by atoms with Crippen LogP contribution in [0.2, 0.25) is 0 Å². The summed E-state index contributed by atoms with van der Waals surface area (Å²) in [5.74, 6) is 0. The smallest absolute Gasteiger partial charge is 0.0846 e. The van der Waals surface area contributed by atoms with Gasteiger partial charge in [-0.3, -0.25) is 0 Å². The van der Waals surface area contributed by atoms with E-state index in [4.69, 9.17) is 11.6 Å². The van der Waals surface area contributed by atoms with Gasteiger partial charge in [0.25, 0.3) is 0 Å². The molecular formula is C17H16BrCl. The van der Waals surface area contributed by atoms with E-state index >= 15 is 0 Å². The second kappa shape index (κ2) is 5.68. The predicted molar refractivity (Wildman–Crippen MR) is 84.9 cm³/mol. The van der Waals surface area contributed by atoms with Crippen molar-refractivity contribution < 1.29 is 0 Å². The van der Waals surface area contributed by atoms with Crippen molar-refractivity contribution in [1.82, 2.24) is 0 Å². The monoisotopic (exact) mass is 334 g/mol. The Hall–Kier alpha value is -0.790. The van der Waals surface area contributed by atoms with E-state index in [0.29, 0.717) is 0 Å². The molecule has 2 heteroatoms. The predicted octanol–water partition coefficient (Wildman–Crippen LogP) is 5.66. The molecule has 0 fully saturated rings. The van der Waals surface area contributed by atoms with Gasteiger partial charge in [-0.25, -0.2) is 0 Å². The van der Waals surface area contributed by atoms with E-state index in [-0.39, 0.29) is 5.38 Å². The summed E-state index contributed by atoms with van der Waals surface area (Å²) in [6.45, 7) is 0. The van der Waals surface area contributed by atoms with Crippen molar-refractivity contribution in [2.75, 3.05) is 0 Å².